The Morgan fingerprint density at radius 3 is 3.00 bits per heavy atom. The summed E-state index contributed by atoms with van der Waals surface area (Å²) >= 11 is 5.64. The molecule has 1 aliphatic carbocycles. The van der Waals surface area contributed by atoms with Crippen molar-refractivity contribution in [2.24, 2.45) is 5.92 Å². The van der Waals surface area contributed by atoms with Crippen molar-refractivity contribution in [3.8, 4) is 0 Å². The van der Waals surface area contributed by atoms with Gasteiger partial charge in [0.15, 0.2) is 5.15 Å². The number of halogens is 1. The van der Waals surface area contributed by atoms with Crippen LogP contribution in [0.1, 0.15) is 26.2 Å². The third kappa shape index (κ3) is 2.35. The number of nitrogens with zero attached hydrogens (tertiary/aromatic N) is 2. The van der Waals surface area contributed by atoms with Crippen LogP contribution in [0.5, 0.6) is 0 Å². The van der Waals surface area contributed by atoms with Crippen LogP contribution in [0.15, 0.2) is 12.1 Å². The van der Waals surface area contributed by atoms with Crippen LogP contribution >= 0.6 is 11.6 Å². The smallest absolute Gasteiger partial charge is 0.151 e. The van der Waals surface area contributed by atoms with Gasteiger partial charge in [-0.25, -0.2) is 0 Å². The van der Waals surface area contributed by atoms with Crippen LogP contribution in [0, 0.1) is 5.92 Å². The number of nitrogens with one attached hydrogen (secondary N) is 1. The van der Waals surface area contributed by atoms with E-state index in [1.54, 1.807) is 6.07 Å². The summed E-state index contributed by atoms with van der Waals surface area (Å²) in [5, 5.41) is 11.5. The molecule has 1 saturated carbocycles. The number of rotatable bonds is 4. The molecule has 3 nitrogen and oxygen atoms in total. The zero-order valence-electron chi connectivity index (χ0n) is 8.20. The lowest BCUT2D eigenvalue weighted by Gasteiger charge is -2.02. The lowest BCUT2D eigenvalue weighted by Crippen LogP contribution is -2.06. The highest BCUT2D eigenvalue weighted by Gasteiger charge is 2.36. The van der Waals surface area contributed by atoms with Gasteiger partial charge in [0.05, 0.1) is 0 Å². The molecule has 0 saturated heterocycles. The Bertz CT molecular complexity index is 299. The van der Waals surface area contributed by atoms with E-state index < -0.39 is 0 Å². The molecular weight excluding hydrogens is 198 g/mol. The Hall–Kier alpha value is -0.830. The van der Waals surface area contributed by atoms with Gasteiger partial charge in [-0.1, -0.05) is 24.9 Å². The fourth-order valence-corrected chi connectivity index (χ4v) is 1.80. The molecule has 0 spiro atoms. The standard InChI is InChI=1S/C10H14ClN3/c1-2-3-7-6-8(7)12-10-5-4-9(11)13-14-10/h4-5,7-8H,2-3,6H2,1H3,(H,12,14). The van der Waals surface area contributed by atoms with Crippen molar-refractivity contribution < 1.29 is 0 Å². The Kier molecular flexibility index (Phi) is 2.87. The van der Waals surface area contributed by atoms with Crippen molar-refractivity contribution in [2.75, 3.05) is 5.32 Å². The maximum atomic E-state index is 5.64. The van der Waals surface area contributed by atoms with Gasteiger partial charge in [-0.15, -0.1) is 10.2 Å². The van der Waals surface area contributed by atoms with Crippen LogP contribution in [-0.4, -0.2) is 16.2 Å². The SMILES string of the molecule is CCCC1CC1Nc1ccc(Cl)nn1. The minimum atomic E-state index is 0.441. The highest BCUT2D eigenvalue weighted by atomic mass is 35.5. The van der Waals surface area contributed by atoms with E-state index in [9.17, 15) is 0 Å². The fraction of sp³-hybridized carbons (Fsp3) is 0.600. The largest absolute Gasteiger partial charge is 0.366 e. The van der Waals surface area contributed by atoms with E-state index in [1.807, 2.05) is 6.07 Å². The third-order valence-corrected chi connectivity index (χ3v) is 2.75. The zero-order chi connectivity index (χ0) is 9.97. The Labute approximate surface area is 88.9 Å². The Morgan fingerprint density at radius 1 is 1.50 bits per heavy atom. The molecule has 1 fully saturated rings. The quantitative estimate of drug-likeness (QED) is 0.832. The maximum Gasteiger partial charge on any atom is 0.151 e. The first kappa shape index (κ1) is 9.71. The van der Waals surface area contributed by atoms with Gasteiger partial charge >= 0.3 is 0 Å². The van der Waals surface area contributed by atoms with Gasteiger partial charge in [-0.05, 0) is 30.9 Å². The van der Waals surface area contributed by atoms with Crippen molar-refractivity contribution in [1.82, 2.24) is 10.2 Å². The summed E-state index contributed by atoms with van der Waals surface area (Å²) < 4.78 is 0. The van der Waals surface area contributed by atoms with Crippen molar-refractivity contribution in [1.29, 1.82) is 0 Å². The third-order valence-electron chi connectivity index (χ3n) is 2.55. The summed E-state index contributed by atoms with van der Waals surface area (Å²) in [6, 6.07) is 4.23. The van der Waals surface area contributed by atoms with Crippen LogP contribution in [0.4, 0.5) is 5.82 Å². The molecule has 0 radical (unpaired) electrons. The molecule has 2 rings (SSSR count). The summed E-state index contributed by atoms with van der Waals surface area (Å²) in [7, 11) is 0. The highest BCUT2D eigenvalue weighted by molar-refractivity contribution is 6.29. The zero-order valence-corrected chi connectivity index (χ0v) is 8.96. The molecule has 1 aromatic rings. The van der Waals surface area contributed by atoms with Crippen LogP contribution in [0.25, 0.3) is 0 Å². The molecule has 76 valence electrons. The molecule has 0 aromatic carbocycles. The summed E-state index contributed by atoms with van der Waals surface area (Å²) in [6.07, 6.45) is 3.83. The summed E-state index contributed by atoms with van der Waals surface area (Å²) in [5.74, 6) is 1.66. The lowest BCUT2D eigenvalue weighted by molar-refractivity contribution is 0.691. The molecule has 2 unspecified atom stereocenters. The molecule has 0 aliphatic heterocycles. The molecule has 0 bridgehead atoms. The molecule has 1 heterocycles. The summed E-state index contributed by atoms with van der Waals surface area (Å²) in [5.41, 5.74) is 0. The minimum absolute atomic E-state index is 0.441. The van der Waals surface area contributed by atoms with E-state index in [0.717, 1.165) is 11.7 Å². The van der Waals surface area contributed by atoms with Gasteiger partial charge in [0.25, 0.3) is 0 Å². The molecule has 2 atom stereocenters. The second-order valence-electron chi connectivity index (χ2n) is 3.78. The molecule has 4 heteroatoms. The molecule has 1 aliphatic rings. The van der Waals surface area contributed by atoms with Crippen LogP contribution in [-0.2, 0) is 0 Å². The van der Waals surface area contributed by atoms with Crippen LogP contribution in [0.2, 0.25) is 5.15 Å². The second-order valence-corrected chi connectivity index (χ2v) is 4.16. The number of hydrogen-bond donors (Lipinski definition) is 1. The van der Waals surface area contributed by atoms with E-state index in [0.29, 0.717) is 11.2 Å². The Balaban J connectivity index is 1.84. The van der Waals surface area contributed by atoms with Crippen molar-refractivity contribution in [3.63, 3.8) is 0 Å². The van der Waals surface area contributed by atoms with Gasteiger partial charge in [-0.3, -0.25) is 0 Å². The predicted octanol–water partition coefficient (Wildman–Crippen LogP) is 2.73. The number of hydrogen-bond acceptors (Lipinski definition) is 3. The number of anilines is 1. The van der Waals surface area contributed by atoms with Gasteiger partial charge in [0, 0.05) is 6.04 Å². The lowest BCUT2D eigenvalue weighted by atomic mass is 10.2. The van der Waals surface area contributed by atoms with Crippen molar-refractivity contribution in [2.45, 2.75) is 32.2 Å². The first-order valence-electron chi connectivity index (χ1n) is 5.05. The van der Waals surface area contributed by atoms with E-state index in [2.05, 4.69) is 22.4 Å². The average Bonchev–Trinajstić information content (AvgIpc) is 2.89. The van der Waals surface area contributed by atoms with Gasteiger partial charge in [-0.2, -0.15) is 0 Å². The van der Waals surface area contributed by atoms with Gasteiger partial charge in [0.1, 0.15) is 5.82 Å². The molecular formula is C10H14ClN3. The molecule has 1 N–H and O–H groups in total. The molecule has 1 aromatic heterocycles. The van der Waals surface area contributed by atoms with E-state index in [-0.39, 0.29) is 0 Å². The predicted molar refractivity (Wildman–Crippen MR) is 57.5 cm³/mol. The van der Waals surface area contributed by atoms with E-state index >= 15 is 0 Å². The van der Waals surface area contributed by atoms with Crippen LogP contribution < -0.4 is 5.32 Å². The van der Waals surface area contributed by atoms with Crippen LogP contribution in [0.3, 0.4) is 0 Å². The highest BCUT2D eigenvalue weighted by Crippen LogP contribution is 2.36. The van der Waals surface area contributed by atoms with Gasteiger partial charge < -0.3 is 5.32 Å². The summed E-state index contributed by atoms with van der Waals surface area (Å²) in [6.45, 7) is 2.22. The summed E-state index contributed by atoms with van der Waals surface area (Å²) in [4.78, 5) is 0. The first-order chi connectivity index (χ1) is 6.79. The minimum Gasteiger partial charge on any atom is -0.366 e. The molecule has 0 amide bonds. The topological polar surface area (TPSA) is 37.8 Å². The normalized spacial score (nSPS) is 24.7. The van der Waals surface area contributed by atoms with Gasteiger partial charge in [0.2, 0.25) is 0 Å². The number of aromatic nitrogens is 2. The fourth-order valence-electron chi connectivity index (χ4n) is 1.70. The van der Waals surface area contributed by atoms with E-state index in [1.165, 1.54) is 19.3 Å². The van der Waals surface area contributed by atoms with Crippen molar-refractivity contribution >= 4 is 17.4 Å². The second kappa shape index (κ2) is 4.13. The van der Waals surface area contributed by atoms with Crippen molar-refractivity contribution in [3.05, 3.63) is 17.3 Å². The Morgan fingerprint density at radius 2 is 2.36 bits per heavy atom. The monoisotopic (exact) mass is 211 g/mol. The average molecular weight is 212 g/mol. The first-order valence-corrected chi connectivity index (χ1v) is 5.43. The maximum absolute atomic E-state index is 5.64. The molecule has 14 heavy (non-hydrogen) atoms. The van der Waals surface area contributed by atoms with E-state index in [4.69, 9.17) is 11.6 Å².